The number of nitrogens with one attached hydrogen (secondary N) is 2. The molecule has 5 nitrogen and oxygen atoms in total. The van der Waals surface area contributed by atoms with Gasteiger partial charge in [0.1, 0.15) is 0 Å². The first-order valence-electron chi connectivity index (χ1n) is 8.10. The molecule has 3 rings (SSSR count). The van der Waals surface area contributed by atoms with E-state index < -0.39 is 0 Å². The van der Waals surface area contributed by atoms with E-state index in [1.807, 2.05) is 77.6 Å². The van der Waals surface area contributed by atoms with E-state index in [2.05, 4.69) is 10.6 Å². The number of carbonyl (C=O) groups is 1. The van der Waals surface area contributed by atoms with Crippen LogP contribution in [0.3, 0.4) is 0 Å². The van der Waals surface area contributed by atoms with Crippen LogP contribution in [0.4, 0.5) is 10.5 Å². The molecule has 25 heavy (non-hydrogen) atoms. The molecule has 0 radical (unpaired) electrons. The summed E-state index contributed by atoms with van der Waals surface area (Å²) in [6.07, 6.45) is 3.93. The van der Waals surface area contributed by atoms with E-state index >= 15 is 0 Å². The van der Waals surface area contributed by atoms with E-state index in [1.54, 1.807) is 7.11 Å². The molecule has 1 heterocycles. The van der Waals surface area contributed by atoms with Gasteiger partial charge in [-0.05, 0) is 41.5 Å². The van der Waals surface area contributed by atoms with Crippen LogP contribution in [-0.4, -0.2) is 17.7 Å². The smallest absolute Gasteiger partial charge is 0.319 e. The first-order valence-corrected chi connectivity index (χ1v) is 8.10. The molecular formula is C20H21N3O2. The topological polar surface area (TPSA) is 55.3 Å². The Labute approximate surface area is 147 Å². The molecule has 0 bridgehead atoms. The van der Waals surface area contributed by atoms with Crippen LogP contribution < -0.4 is 10.6 Å². The second-order valence-corrected chi connectivity index (χ2v) is 5.65. The summed E-state index contributed by atoms with van der Waals surface area (Å²) in [5.74, 6) is 0. The third-order valence-corrected chi connectivity index (χ3v) is 3.86. The lowest BCUT2D eigenvalue weighted by Crippen LogP contribution is -2.28. The first-order chi connectivity index (χ1) is 12.3. The molecule has 0 spiro atoms. The van der Waals surface area contributed by atoms with Crippen molar-refractivity contribution in [1.82, 2.24) is 9.88 Å². The van der Waals surface area contributed by atoms with Gasteiger partial charge in [-0.2, -0.15) is 0 Å². The maximum atomic E-state index is 12.2. The molecule has 0 atom stereocenters. The van der Waals surface area contributed by atoms with Crippen molar-refractivity contribution in [3.05, 3.63) is 84.2 Å². The number of urea groups is 1. The molecule has 5 heteroatoms. The molecule has 1 aromatic heterocycles. The minimum Gasteiger partial charge on any atom is -0.380 e. The largest absolute Gasteiger partial charge is 0.380 e. The van der Waals surface area contributed by atoms with Crippen LogP contribution in [-0.2, 0) is 17.9 Å². The Morgan fingerprint density at radius 1 is 1.00 bits per heavy atom. The number of nitrogens with zero attached hydrogens (tertiary/aromatic N) is 1. The summed E-state index contributed by atoms with van der Waals surface area (Å²) in [5, 5.41) is 5.76. The average Bonchev–Trinajstić information content (AvgIpc) is 3.16. The molecule has 0 aliphatic heterocycles. The van der Waals surface area contributed by atoms with Gasteiger partial charge in [0.25, 0.3) is 0 Å². The van der Waals surface area contributed by atoms with E-state index in [4.69, 9.17) is 4.74 Å². The zero-order chi connectivity index (χ0) is 17.5. The number of carbonyl (C=O) groups excluding carboxylic acids is 1. The monoisotopic (exact) mass is 335 g/mol. The number of hydrogen-bond donors (Lipinski definition) is 2. The Hall–Kier alpha value is -3.05. The van der Waals surface area contributed by atoms with Gasteiger partial charge in [-0.3, -0.25) is 0 Å². The third-order valence-electron chi connectivity index (χ3n) is 3.86. The summed E-state index contributed by atoms with van der Waals surface area (Å²) in [6.45, 7) is 0.973. The van der Waals surface area contributed by atoms with Crippen molar-refractivity contribution in [2.45, 2.75) is 13.2 Å². The third kappa shape index (κ3) is 4.49. The van der Waals surface area contributed by atoms with Crippen molar-refractivity contribution in [2.75, 3.05) is 12.4 Å². The molecular weight excluding hydrogens is 314 g/mol. The molecule has 2 aromatic carbocycles. The number of hydrogen-bond acceptors (Lipinski definition) is 2. The number of anilines is 1. The van der Waals surface area contributed by atoms with Gasteiger partial charge in [0.2, 0.25) is 0 Å². The van der Waals surface area contributed by atoms with Crippen molar-refractivity contribution in [2.24, 2.45) is 0 Å². The molecule has 128 valence electrons. The molecule has 0 unspecified atom stereocenters. The van der Waals surface area contributed by atoms with Crippen LogP contribution in [0.15, 0.2) is 73.1 Å². The fraction of sp³-hybridized carbons (Fsp3) is 0.150. The molecule has 0 saturated carbocycles. The Bertz CT molecular complexity index is 828. The van der Waals surface area contributed by atoms with Crippen molar-refractivity contribution in [3.8, 4) is 5.69 Å². The van der Waals surface area contributed by atoms with Gasteiger partial charge in [-0.25, -0.2) is 4.79 Å². The van der Waals surface area contributed by atoms with Gasteiger partial charge < -0.3 is 19.9 Å². The molecule has 0 aliphatic carbocycles. The summed E-state index contributed by atoms with van der Waals surface area (Å²) in [5.41, 5.74) is 3.85. The van der Waals surface area contributed by atoms with Gasteiger partial charge >= 0.3 is 6.03 Å². The zero-order valence-corrected chi connectivity index (χ0v) is 14.1. The molecule has 0 fully saturated rings. The number of aromatic nitrogens is 1. The van der Waals surface area contributed by atoms with Crippen LogP contribution >= 0.6 is 0 Å². The minimum absolute atomic E-state index is 0.239. The lowest BCUT2D eigenvalue weighted by atomic mass is 10.1. The van der Waals surface area contributed by atoms with Crippen molar-refractivity contribution in [1.29, 1.82) is 0 Å². The quantitative estimate of drug-likeness (QED) is 0.717. The van der Waals surface area contributed by atoms with Gasteiger partial charge in [0.05, 0.1) is 6.61 Å². The normalized spacial score (nSPS) is 10.4. The SMILES string of the molecule is COCc1ccccc1CNC(=O)Nc1cccc(-n2cccc2)c1. The number of benzene rings is 2. The summed E-state index contributed by atoms with van der Waals surface area (Å²) in [7, 11) is 1.66. The van der Waals surface area contributed by atoms with Gasteiger partial charge in [-0.1, -0.05) is 30.3 Å². The van der Waals surface area contributed by atoms with E-state index in [0.717, 1.165) is 22.5 Å². The molecule has 2 amide bonds. The second-order valence-electron chi connectivity index (χ2n) is 5.65. The maximum absolute atomic E-state index is 12.2. The predicted octanol–water partition coefficient (Wildman–Crippen LogP) is 3.95. The number of rotatable bonds is 6. The van der Waals surface area contributed by atoms with Crippen LogP contribution in [0, 0.1) is 0 Å². The standard InChI is InChI=1S/C20H21N3O2/c1-25-15-17-8-3-2-7-16(17)14-21-20(24)22-18-9-6-10-19(13-18)23-11-4-5-12-23/h2-13H,14-15H2,1H3,(H2,21,22,24). The zero-order valence-electron chi connectivity index (χ0n) is 14.1. The summed E-state index contributed by atoms with van der Waals surface area (Å²) < 4.78 is 7.18. The van der Waals surface area contributed by atoms with E-state index in [0.29, 0.717) is 13.2 Å². The van der Waals surface area contributed by atoms with E-state index in [1.165, 1.54) is 0 Å². The first kappa shape index (κ1) is 16.8. The van der Waals surface area contributed by atoms with Crippen molar-refractivity contribution >= 4 is 11.7 Å². The Kier molecular flexibility index (Phi) is 5.49. The van der Waals surface area contributed by atoms with Crippen LogP contribution in [0.2, 0.25) is 0 Å². The fourth-order valence-electron chi connectivity index (χ4n) is 2.63. The Morgan fingerprint density at radius 2 is 1.76 bits per heavy atom. The highest BCUT2D eigenvalue weighted by atomic mass is 16.5. The average molecular weight is 335 g/mol. The summed E-state index contributed by atoms with van der Waals surface area (Å²) >= 11 is 0. The minimum atomic E-state index is -0.239. The van der Waals surface area contributed by atoms with Crippen molar-refractivity contribution < 1.29 is 9.53 Å². The van der Waals surface area contributed by atoms with Gasteiger partial charge in [0.15, 0.2) is 0 Å². The van der Waals surface area contributed by atoms with E-state index in [-0.39, 0.29) is 6.03 Å². The molecule has 0 saturated heterocycles. The van der Waals surface area contributed by atoms with Gasteiger partial charge in [-0.15, -0.1) is 0 Å². The molecule has 2 N–H and O–H groups in total. The maximum Gasteiger partial charge on any atom is 0.319 e. The summed E-state index contributed by atoms with van der Waals surface area (Å²) in [4.78, 5) is 12.2. The second kappa shape index (κ2) is 8.17. The summed E-state index contributed by atoms with van der Waals surface area (Å²) in [6, 6.07) is 19.3. The molecule has 0 aliphatic rings. The lowest BCUT2D eigenvalue weighted by Gasteiger charge is -2.12. The molecule has 3 aromatic rings. The highest BCUT2D eigenvalue weighted by Gasteiger charge is 2.06. The predicted molar refractivity (Wildman–Crippen MR) is 98.8 cm³/mol. The van der Waals surface area contributed by atoms with Gasteiger partial charge in [0, 0.05) is 37.4 Å². The van der Waals surface area contributed by atoms with Crippen LogP contribution in [0.5, 0.6) is 0 Å². The Balaban J connectivity index is 1.61. The Morgan fingerprint density at radius 3 is 2.52 bits per heavy atom. The lowest BCUT2D eigenvalue weighted by molar-refractivity contribution is 0.184. The fourth-order valence-corrected chi connectivity index (χ4v) is 2.63. The van der Waals surface area contributed by atoms with Crippen LogP contribution in [0.1, 0.15) is 11.1 Å². The highest BCUT2D eigenvalue weighted by Crippen LogP contribution is 2.15. The highest BCUT2D eigenvalue weighted by molar-refractivity contribution is 5.89. The van der Waals surface area contributed by atoms with E-state index in [9.17, 15) is 4.79 Å². The number of ether oxygens (including phenoxy) is 1. The number of amides is 2. The number of methoxy groups -OCH3 is 1. The van der Waals surface area contributed by atoms with Crippen molar-refractivity contribution in [3.63, 3.8) is 0 Å². The van der Waals surface area contributed by atoms with Crippen LogP contribution in [0.25, 0.3) is 5.69 Å².